The lowest BCUT2D eigenvalue weighted by molar-refractivity contribution is -0.142. The molecule has 46 heavy (non-hydrogen) atoms. The highest BCUT2D eigenvalue weighted by molar-refractivity contribution is 5.68. The van der Waals surface area contributed by atoms with Gasteiger partial charge in [0, 0.05) is 26.2 Å². The van der Waals surface area contributed by atoms with E-state index in [4.69, 9.17) is 9.47 Å². The summed E-state index contributed by atoms with van der Waals surface area (Å²) in [5, 5.41) is 14.7. The van der Waals surface area contributed by atoms with Gasteiger partial charge in [-0.15, -0.1) is 0 Å². The van der Waals surface area contributed by atoms with Crippen molar-refractivity contribution in [1.82, 2.24) is 14.9 Å². The van der Waals surface area contributed by atoms with E-state index in [9.17, 15) is 23.1 Å². The molecule has 1 aliphatic heterocycles. The highest BCUT2D eigenvalue weighted by Crippen LogP contribution is 2.32. The molecule has 2 heterocycles. The quantitative estimate of drug-likeness (QED) is 0.246. The van der Waals surface area contributed by atoms with Gasteiger partial charge in [0.15, 0.2) is 11.6 Å². The van der Waals surface area contributed by atoms with Crippen molar-refractivity contribution in [2.45, 2.75) is 77.7 Å². The Labute approximate surface area is 266 Å². The fraction of sp³-hybridized carbons (Fsp3) is 0.485. The first-order chi connectivity index (χ1) is 21.6. The van der Waals surface area contributed by atoms with Gasteiger partial charge < -0.3 is 29.7 Å². The fourth-order valence-corrected chi connectivity index (χ4v) is 5.16. The zero-order chi connectivity index (χ0) is 33.7. The number of aromatic nitrogens is 2. The van der Waals surface area contributed by atoms with Gasteiger partial charge in [0.25, 0.3) is 0 Å². The van der Waals surface area contributed by atoms with Crippen LogP contribution in [0.2, 0.25) is 0 Å². The normalized spacial score (nSPS) is 18.7. The van der Waals surface area contributed by atoms with Crippen LogP contribution in [0.5, 0.6) is 0 Å². The number of rotatable bonds is 10. The molecule has 1 amide bonds. The SMILES string of the molecule is CCN(Cc1ccc(C(F)(F)F)cc1C)c1ncnc(NCC2(O)CCN(C(=O)OC(C)(C)C)CC2OCc2ccccc2)c1F. The number of ether oxygens (including phenoxy) is 2. The first-order valence-corrected chi connectivity index (χ1v) is 15.1. The summed E-state index contributed by atoms with van der Waals surface area (Å²) >= 11 is 0. The summed E-state index contributed by atoms with van der Waals surface area (Å²) in [7, 11) is 0. The summed E-state index contributed by atoms with van der Waals surface area (Å²) in [6, 6.07) is 12.8. The number of halogens is 4. The average Bonchev–Trinajstić information content (AvgIpc) is 2.99. The minimum atomic E-state index is -4.46. The molecule has 9 nitrogen and oxygen atoms in total. The van der Waals surface area contributed by atoms with E-state index in [0.29, 0.717) is 17.7 Å². The Morgan fingerprint density at radius 2 is 1.87 bits per heavy atom. The van der Waals surface area contributed by atoms with Crippen LogP contribution in [0.4, 0.5) is 34.0 Å². The second-order valence-corrected chi connectivity index (χ2v) is 12.4. The molecule has 0 bridgehead atoms. The number of anilines is 2. The number of hydrogen-bond acceptors (Lipinski definition) is 8. The van der Waals surface area contributed by atoms with Crippen LogP contribution < -0.4 is 10.2 Å². The number of aryl methyl sites for hydroxylation is 1. The zero-order valence-electron chi connectivity index (χ0n) is 26.7. The summed E-state index contributed by atoms with van der Waals surface area (Å²) in [5.74, 6) is -0.967. The molecule has 0 spiro atoms. The molecule has 2 aromatic carbocycles. The predicted molar refractivity (Wildman–Crippen MR) is 166 cm³/mol. The summed E-state index contributed by atoms with van der Waals surface area (Å²) in [6.45, 7) is 9.37. The fourth-order valence-electron chi connectivity index (χ4n) is 5.16. The second kappa shape index (κ2) is 14.2. The number of alkyl halides is 3. The Morgan fingerprint density at radius 1 is 1.15 bits per heavy atom. The van der Waals surface area contributed by atoms with Crippen LogP contribution in [0.3, 0.4) is 0 Å². The third-order valence-corrected chi connectivity index (χ3v) is 7.79. The monoisotopic (exact) mass is 647 g/mol. The molecule has 0 saturated carbocycles. The van der Waals surface area contributed by atoms with Gasteiger partial charge in [-0.05, 0) is 69.9 Å². The number of carbonyl (C=O) groups is 1. The van der Waals surface area contributed by atoms with E-state index in [2.05, 4.69) is 15.3 Å². The highest BCUT2D eigenvalue weighted by atomic mass is 19.4. The van der Waals surface area contributed by atoms with Crippen LogP contribution in [-0.2, 0) is 28.8 Å². The molecule has 0 radical (unpaired) electrons. The van der Waals surface area contributed by atoms with Crippen molar-refractivity contribution in [2.24, 2.45) is 0 Å². The third kappa shape index (κ3) is 8.85. The number of likely N-dealkylation sites (tertiary alicyclic amines) is 1. The Kier molecular flexibility index (Phi) is 10.8. The summed E-state index contributed by atoms with van der Waals surface area (Å²) in [4.78, 5) is 24.1. The number of amides is 1. The van der Waals surface area contributed by atoms with Crippen LogP contribution >= 0.6 is 0 Å². The number of piperidine rings is 1. The van der Waals surface area contributed by atoms with E-state index in [1.807, 2.05) is 30.3 Å². The summed E-state index contributed by atoms with van der Waals surface area (Å²) in [6.07, 6.45) is -4.53. The minimum absolute atomic E-state index is 0.0390. The topological polar surface area (TPSA) is 100 Å². The summed E-state index contributed by atoms with van der Waals surface area (Å²) in [5.41, 5.74) is -1.08. The van der Waals surface area contributed by atoms with Crippen molar-refractivity contribution in [1.29, 1.82) is 0 Å². The lowest BCUT2D eigenvalue weighted by Crippen LogP contribution is -2.61. The van der Waals surface area contributed by atoms with Gasteiger partial charge in [-0.25, -0.2) is 14.8 Å². The molecule has 1 aromatic heterocycles. The Bertz CT molecular complexity index is 1490. The molecule has 250 valence electrons. The van der Waals surface area contributed by atoms with E-state index in [-0.39, 0.29) is 50.8 Å². The van der Waals surface area contributed by atoms with Crippen molar-refractivity contribution in [3.8, 4) is 0 Å². The lowest BCUT2D eigenvalue weighted by Gasteiger charge is -2.44. The zero-order valence-corrected chi connectivity index (χ0v) is 26.7. The van der Waals surface area contributed by atoms with Gasteiger partial charge in [-0.3, -0.25) is 0 Å². The molecule has 1 aliphatic rings. The molecule has 2 N–H and O–H groups in total. The number of carbonyl (C=O) groups excluding carboxylic acids is 1. The third-order valence-electron chi connectivity index (χ3n) is 7.79. The Morgan fingerprint density at radius 3 is 2.50 bits per heavy atom. The number of hydrogen-bond donors (Lipinski definition) is 2. The molecule has 2 unspecified atom stereocenters. The second-order valence-electron chi connectivity index (χ2n) is 12.4. The van der Waals surface area contributed by atoms with E-state index in [0.717, 1.165) is 17.7 Å². The van der Waals surface area contributed by atoms with Crippen LogP contribution in [0.15, 0.2) is 54.9 Å². The van der Waals surface area contributed by atoms with Crippen molar-refractivity contribution < 1.29 is 36.9 Å². The minimum Gasteiger partial charge on any atom is -0.444 e. The van der Waals surface area contributed by atoms with Crippen molar-refractivity contribution in [3.05, 3.63) is 82.9 Å². The summed E-state index contributed by atoms with van der Waals surface area (Å²) < 4.78 is 67.0. The maximum atomic E-state index is 15.8. The number of nitrogens with zero attached hydrogens (tertiary/aromatic N) is 4. The number of benzene rings is 2. The maximum Gasteiger partial charge on any atom is 0.416 e. The lowest BCUT2D eigenvalue weighted by atomic mass is 9.88. The van der Waals surface area contributed by atoms with E-state index < -0.39 is 41.0 Å². The first-order valence-electron chi connectivity index (χ1n) is 15.1. The first kappa shape index (κ1) is 34.9. The molecule has 13 heteroatoms. The van der Waals surface area contributed by atoms with Crippen molar-refractivity contribution in [2.75, 3.05) is 36.4 Å². The largest absolute Gasteiger partial charge is 0.444 e. The van der Waals surface area contributed by atoms with E-state index in [1.54, 1.807) is 39.5 Å². The Balaban J connectivity index is 1.51. The Hall–Kier alpha value is -3.97. The van der Waals surface area contributed by atoms with Gasteiger partial charge in [-0.1, -0.05) is 36.4 Å². The van der Waals surface area contributed by atoms with Crippen LogP contribution in [0, 0.1) is 12.7 Å². The molecule has 2 atom stereocenters. The van der Waals surface area contributed by atoms with E-state index in [1.165, 1.54) is 17.3 Å². The average molecular weight is 648 g/mol. The molecule has 3 aromatic rings. The predicted octanol–water partition coefficient (Wildman–Crippen LogP) is 6.34. The molecule has 4 rings (SSSR count). The van der Waals surface area contributed by atoms with Crippen LogP contribution in [0.25, 0.3) is 0 Å². The van der Waals surface area contributed by atoms with Gasteiger partial charge in [-0.2, -0.15) is 17.6 Å². The van der Waals surface area contributed by atoms with Gasteiger partial charge in [0.05, 0.1) is 18.7 Å². The maximum absolute atomic E-state index is 15.8. The van der Waals surface area contributed by atoms with Crippen molar-refractivity contribution >= 4 is 17.7 Å². The molecular weight excluding hydrogens is 606 g/mol. The molecule has 0 aliphatic carbocycles. The highest BCUT2D eigenvalue weighted by Gasteiger charge is 2.44. The number of aliphatic hydroxyl groups is 1. The van der Waals surface area contributed by atoms with Crippen molar-refractivity contribution in [3.63, 3.8) is 0 Å². The van der Waals surface area contributed by atoms with Gasteiger partial charge in [0.2, 0.25) is 5.82 Å². The van der Waals surface area contributed by atoms with Crippen LogP contribution in [-0.4, -0.2) is 69.6 Å². The molecule has 1 saturated heterocycles. The molecular formula is C33H41F4N5O4. The van der Waals surface area contributed by atoms with Gasteiger partial charge >= 0.3 is 12.3 Å². The van der Waals surface area contributed by atoms with Crippen LogP contribution in [0.1, 0.15) is 56.4 Å². The van der Waals surface area contributed by atoms with Gasteiger partial charge in [0.1, 0.15) is 23.6 Å². The molecule has 1 fully saturated rings. The smallest absolute Gasteiger partial charge is 0.416 e. The number of nitrogens with one attached hydrogen (secondary N) is 1. The standard InChI is InChI=1S/C33H41F4N5O4/c1-6-41(17-24-12-13-25(16-22(24)2)33(35,36)37)29-27(34)28(39-21-40-29)38-20-32(44)14-15-42(30(43)46-31(3,4)5)18-26(32)45-19-23-10-8-7-9-11-23/h7-13,16,21,26,44H,6,14-15,17-20H2,1-5H3,(H,38,39,40). The van der Waals surface area contributed by atoms with E-state index >= 15 is 4.39 Å².